The molecule has 12 heteroatoms. The van der Waals surface area contributed by atoms with E-state index in [1.165, 1.54) is 22.8 Å². The van der Waals surface area contributed by atoms with Crippen molar-refractivity contribution >= 4 is 27.7 Å². The summed E-state index contributed by atoms with van der Waals surface area (Å²) in [6.45, 7) is 3.89. The van der Waals surface area contributed by atoms with E-state index in [2.05, 4.69) is 9.88 Å². The van der Waals surface area contributed by atoms with E-state index in [0.29, 0.717) is 17.2 Å². The molecule has 1 aromatic heterocycles. The predicted molar refractivity (Wildman–Crippen MR) is 118 cm³/mol. The highest BCUT2D eigenvalue weighted by atomic mass is 32.2. The number of aryl methyl sites for hydroxylation is 1. The second-order valence-corrected chi connectivity index (χ2v) is 11.7. The van der Waals surface area contributed by atoms with Crippen LogP contribution in [-0.4, -0.2) is 83.0 Å². The SMILES string of the molecule is Cc1cc(CN2C(=O)C3=CC(S(=O)(=O)NC4(C)CC4)C=CC3=[N+](CC3(CO)COC3)C2=O)on1. The molecule has 11 nitrogen and oxygen atoms in total. The van der Waals surface area contributed by atoms with Gasteiger partial charge < -0.3 is 14.4 Å². The van der Waals surface area contributed by atoms with Crippen molar-refractivity contribution in [3.8, 4) is 0 Å². The summed E-state index contributed by atoms with van der Waals surface area (Å²) in [6, 6.07) is 1.04. The lowest BCUT2D eigenvalue weighted by Crippen LogP contribution is -2.58. The Morgan fingerprint density at radius 1 is 1.32 bits per heavy atom. The Kier molecular flexibility index (Phi) is 5.39. The topological polar surface area (TPSA) is 142 Å². The van der Waals surface area contributed by atoms with E-state index in [0.717, 1.165) is 17.7 Å². The number of aliphatic hydroxyl groups is 1. The maximum absolute atomic E-state index is 13.4. The molecule has 1 saturated heterocycles. The van der Waals surface area contributed by atoms with Gasteiger partial charge in [-0.25, -0.2) is 17.9 Å². The van der Waals surface area contributed by atoms with E-state index in [9.17, 15) is 23.1 Å². The van der Waals surface area contributed by atoms with Crippen LogP contribution in [0.4, 0.5) is 4.79 Å². The molecule has 3 heterocycles. The number of ether oxygens (including phenoxy) is 1. The lowest BCUT2D eigenvalue weighted by Gasteiger charge is -2.39. The van der Waals surface area contributed by atoms with Crippen molar-refractivity contribution in [3.05, 3.63) is 41.3 Å². The Hall–Kier alpha value is -2.67. The van der Waals surface area contributed by atoms with Crippen LogP contribution in [0.15, 0.2) is 34.4 Å². The number of aliphatic hydroxyl groups excluding tert-OH is 1. The summed E-state index contributed by atoms with van der Waals surface area (Å²) in [4.78, 5) is 27.9. The molecule has 2 aliphatic carbocycles. The highest BCUT2D eigenvalue weighted by Gasteiger charge is 2.51. The number of hydrogen-bond donors (Lipinski definition) is 2. The number of aromatic nitrogens is 1. The Bertz CT molecular complexity index is 1250. The maximum atomic E-state index is 13.4. The van der Waals surface area contributed by atoms with Gasteiger partial charge in [0.05, 0.1) is 30.9 Å². The van der Waals surface area contributed by atoms with E-state index < -0.39 is 38.2 Å². The van der Waals surface area contributed by atoms with Gasteiger partial charge in [0, 0.05) is 11.6 Å². The van der Waals surface area contributed by atoms with Gasteiger partial charge in [-0.2, -0.15) is 9.37 Å². The first-order valence-electron chi connectivity index (χ1n) is 11.1. The van der Waals surface area contributed by atoms with Crippen molar-refractivity contribution in [3.63, 3.8) is 0 Å². The number of rotatable bonds is 8. The fourth-order valence-electron chi connectivity index (χ4n) is 4.27. The van der Waals surface area contributed by atoms with Gasteiger partial charge in [0.25, 0.3) is 0 Å². The lowest BCUT2D eigenvalue weighted by molar-refractivity contribution is -0.469. The van der Waals surface area contributed by atoms with Gasteiger partial charge in [0.2, 0.25) is 10.0 Å². The average Bonchev–Trinajstić information content (AvgIpc) is 3.33. The van der Waals surface area contributed by atoms with Gasteiger partial charge in [-0.05, 0) is 38.8 Å². The van der Waals surface area contributed by atoms with Crippen LogP contribution in [0, 0.1) is 12.3 Å². The van der Waals surface area contributed by atoms with Crippen LogP contribution in [0.1, 0.15) is 31.2 Å². The van der Waals surface area contributed by atoms with Gasteiger partial charge >= 0.3 is 11.9 Å². The van der Waals surface area contributed by atoms with Crippen LogP contribution in [-0.2, 0) is 26.1 Å². The minimum atomic E-state index is -3.78. The Morgan fingerprint density at radius 3 is 2.62 bits per heavy atom. The molecule has 0 bridgehead atoms. The number of imide groups is 1. The summed E-state index contributed by atoms with van der Waals surface area (Å²) in [5.74, 6) is -0.290. The molecular weight excluding hydrogens is 464 g/mol. The van der Waals surface area contributed by atoms with Crippen molar-refractivity contribution in [2.24, 2.45) is 5.41 Å². The number of hydrogen-bond acceptors (Lipinski definition) is 8. The quantitative estimate of drug-likeness (QED) is 0.493. The van der Waals surface area contributed by atoms with E-state index in [1.807, 2.05) is 6.92 Å². The highest BCUT2D eigenvalue weighted by Crippen LogP contribution is 2.36. The fraction of sp³-hybridized carbons (Fsp3) is 0.545. The molecule has 2 N–H and O–H groups in total. The number of carbonyl (C=O) groups is 2. The zero-order valence-electron chi connectivity index (χ0n) is 19.0. The third-order valence-corrected chi connectivity index (χ3v) is 8.45. The number of urea groups is 1. The zero-order chi connectivity index (χ0) is 24.3. The zero-order valence-corrected chi connectivity index (χ0v) is 19.8. The minimum absolute atomic E-state index is 0.114. The number of carbonyl (C=O) groups excluding carboxylic acids is 2. The summed E-state index contributed by atoms with van der Waals surface area (Å²) in [5.41, 5.74) is -0.0808. The standard InChI is InChI=1S/C22H27N4O7S/c1-14-7-15(33-23-14)9-25-19(28)17-8-16(34(30,31)24-21(2)5-6-21)3-4-18(17)26(20(25)29)10-22(11-27)12-32-13-22/h3-4,7-8,16,24,27H,5-6,9-13H2,1-2H3/q+1. The van der Waals surface area contributed by atoms with E-state index in [1.54, 1.807) is 13.0 Å². The molecule has 182 valence electrons. The maximum Gasteiger partial charge on any atom is 0.501 e. The van der Waals surface area contributed by atoms with E-state index >= 15 is 0 Å². The largest absolute Gasteiger partial charge is 0.501 e. The number of amides is 3. The molecule has 1 saturated carbocycles. The summed E-state index contributed by atoms with van der Waals surface area (Å²) >= 11 is 0. The van der Waals surface area contributed by atoms with Crippen LogP contribution in [0.3, 0.4) is 0 Å². The van der Waals surface area contributed by atoms with Crippen LogP contribution in [0.25, 0.3) is 0 Å². The van der Waals surface area contributed by atoms with Gasteiger partial charge in [0.1, 0.15) is 23.1 Å². The van der Waals surface area contributed by atoms with Crippen LogP contribution < -0.4 is 4.72 Å². The lowest BCUT2D eigenvalue weighted by atomic mass is 9.86. The third-order valence-electron chi connectivity index (χ3n) is 6.66. The van der Waals surface area contributed by atoms with Gasteiger partial charge in [-0.15, -0.1) is 4.90 Å². The van der Waals surface area contributed by atoms with Gasteiger partial charge in [-0.3, -0.25) is 0 Å². The van der Waals surface area contributed by atoms with Crippen molar-refractivity contribution in [1.29, 1.82) is 0 Å². The molecule has 1 unspecified atom stereocenters. The number of sulfonamides is 1. The molecule has 1 aromatic rings. The normalized spacial score (nSPS) is 25.2. The molecule has 5 rings (SSSR count). The van der Waals surface area contributed by atoms with Crippen LogP contribution in [0.2, 0.25) is 0 Å². The highest BCUT2D eigenvalue weighted by molar-refractivity contribution is 7.90. The van der Waals surface area contributed by atoms with E-state index in [4.69, 9.17) is 9.26 Å². The summed E-state index contributed by atoms with van der Waals surface area (Å²) < 4.78 is 40.6. The smallest absolute Gasteiger partial charge is 0.395 e. The first-order valence-corrected chi connectivity index (χ1v) is 12.6. The van der Waals surface area contributed by atoms with Crippen molar-refractivity contribution in [2.75, 3.05) is 26.4 Å². The van der Waals surface area contributed by atoms with Crippen LogP contribution >= 0.6 is 0 Å². The molecule has 3 amide bonds. The average molecular weight is 492 g/mol. The third kappa shape index (κ3) is 4.04. The molecule has 2 aliphatic heterocycles. The van der Waals surface area contributed by atoms with Crippen molar-refractivity contribution in [2.45, 2.75) is 44.0 Å². The monoisotopic (exact) mass is 491 g/mol. The van der Waals surface area contributed by atoms with Crippen molar-refractivity contribution < 1.29 is 36.9 Å². The molecular formula is C22H27N4O7S+. The van der Waals surface area contributed by atoms with Gasteiger partial charge in [-0.1, -0.05) is 11.2 Å². The molecule has 4 aliphatic rings. The minimum Gasteiger partial charge on any atom is -0.395 e. The first kappa shape index (κ1) is 23.1. The molecule has 0 radical (unpaired) electrons. The molecule has 1 atom stereocenters. The number of nitrogens with zero attached hydrogens (tertiary/aromatic N) is 3. The predicted octanol–water partition coefficient (Wildman–Crippen LogP) is 0.244. The summed E-state index contributed by atoms with van der Waals surface area (Å²) in [5, 5.41) is 12.7. The second-order valence-electron chi connectivity index (χ2n) is 9.84. The Labute approximate surface area is 196 Å². The Morgan fingerprint density at radius 2 is 2.06 bits per heavy atom. The van der Waals surface area contributed by atoms with Crippen LogP contribution in [0.5, 0.6) is 0 Å². The van der Waals surface area contributed by atoms with Gasteiger partial charge in [0.15, 0.2) is 12.3 Å². The second kappa shape index (κ2) is 7.94. The summed E-state index contributed by atoms with van der Waals surface area (Å²) in [6.07, 6.45) is 5.87. The number of fused-ring (bicyclic) bond motifs is 1. The fourth-order valence-corrected chi connectivity index (χ4v) is 5.90. The van der Waals surface area contributed by atoms with Crippen molar-refractivity contribution in [1.82, 2.24) is 14.8 Å². The van der Waals surface area contributed by atoms with E-state index in [-0.39, 0.29) is 38.5 Å². The number of allylic oxidation sites excluding steroid dienone is 1. The molecule has 2 fully saturated rings. The number of nitrogens with one attached hydrogen (secondary N) is 1. The molecule has 0 spiro atoms. The first-order chi connectivity index (χ1) is 16.0. The summed E-state index contributed by atoms with van der Waals surface area (Å²) in [7, 11) is -3.78. The molecule has 0 aromatic carbocycles. The molecule has 34 heavy (non-hydrogen) atoms. The Balaban J connectivity index is 1.53.